The van der Waals surface area contributed by atoms with Gasteiger partial charge in [0, 0.05) is 0 Å². The molecule has 6 heteroatoms. The lowest BCUT2D eigenvalue weighted by atomic mass is 10.7. The van der Waals surface area contributed by atoms with Gasteiger partial charge in [-0.2, -0.15) is 4.98 Å². The molecule has 2 N–H and O–H groups in total. The SMILES string of the molecule is CCOc1nc(SC)nnc1N. The van der Waals surface area contributed by atoms with Crippen LogP contribution in [-0.2, 0) is 0 Å². The summed E-state index contributed by atoms with van der Waals surface area (Å²) in [6, 6.07) is 0. The summed E-state index contributed by atoms with van der Waals surface area (Å²) >= 11 is 1.40. The highest BCUT2D eigenvalue weighted by atomic mass is 32.2. The van der Waals surface area contributed by atoms with Crippen LogP contribution in [0.25, 0.3) is 0 Å². The lowest BCUT2D eigenvalue weighted by Crippen LogP contribution is -2.04. The van der Waals surface area contributed by atoms with E-state index in [1.54, 1.807) is 0 Å². The molecular weight excluding hydrogens is 176 g/mol. The normalized spacial score (nSPS) is 9.83. The van der Waals surface area contributed by atoms with Gasteiger partial charge in [-0.1, -0.05) is 11.8 Å². The molecule has 5 nitrogen and oxygen atoms in total. The van der Waals surface area contributed by atoms with Gasteiger partial charge in [-0.05, 0) is 13.2 Å². The Morgan fingerprint density at radius 2 is 2.25 bits per heavy atom. The fraction of sp³-hybridized carbons (Fsp3) is 0.500. The molecule has 1 heterocycles. The maximum atomic E-state index is 5.46. The van der Waals surface area contributed by atoms with Crippen LogP contribution in [0.2, 0.25) is 0 Å². The van der Waals surface area contributed by atoms with Crippen molar-refractivity contribution in [3.8, 4) is 5.88 Å². The lowest BCUT2D eigenvalue weighted by Gasteiger charge is -2.03. The number of nitrogens with zero attached hydrogens (tertiary/aromatic N) is 3. The average molecular weight is 186 g/mol. The Balaban J connectivity index is 2.91. The number of aromatic nitrogens is 3. The summed E-state index contributed by atoms with van der Waals surface area (Å²) < 4.78 is 5.13. The van der Waals surface area contributed by atoms with Crippen LogP contribution in [0.3, 0.4) is 0 Å². The van der Waals surface area contributed by atoms with Crippen molar-refractivity contribution in [1.82, 2.24) is 15.2 Å². The monoisotopic (exact) mass is 186 g/mol. The van der Waals surface area contributed by atoms with Crippen LogP contribution in [0.4, 0.5) is 5.82 Å². The second-order valence-electron chi connectivity index (χ2n) is 1.92. The van der Waals surface area contributed by atoms with Gasteiger partial charge in [-0.15, -0.1) is 10.2 Å². The third kappa shape index (κ3) is 1.97. The average Bonchev–Trinajstić information content (AvgIpc) is 2.09. The zero-order chi connectivity index (χ0) is 8.97. The zero-order valence-corrected chi connectivity index (χ0v) is 7.76. The second-order valence-corrected chi connectivity index (χ2v) is 2.70. The molecule has 0 saturated carbocycles. The number of ether oxygens (including phenoxy) is 1. The third-order valence-electron chi connectivity index (χ3n) is 1.12. The Bertz CT molecular complexity index is 268. The topological polar surface area (TPSA) is 73.9 Å². The summed E-state index contributed by atoms with van der Waals surface area (Å²) in [7, 11) is 0. The van der Waals surface area contributed by atoms with E-state index in [1.165, 1.54) is 11.8 Å². The van der Waals surface area contributed by atoms with Crippen LogP contribution in [0.1, 0.15) is 6.92 Å². The van der Waals surface area contributed by atoms with Gasteiger partial charge >= 0.3 is 0 Å². The van der Waals surface area contributed by atoms with Crippen molar-refractivity contribution in [2.45, 2.75) is 12.1 Å². The molecule has 0 atom stereocenters. The van der Waals surface area contributed by atoms with E-state index >= 15 is 0 Å². The smallest absolute Gasteiger partial charge is 0.261 e. The maximum Gasteiger partial charge on any atom is 0.261 e. The number of thioether (sulfide) groups is 1. The van der Waals surface area contributed by atoms with Crippen molar-refractivity contribution in [3.05, 3.63) is 0 Å². The van der Waals surface area contributed by atoms with Gasteiger partial charge in [0.25, 0.3) is 5.88 Å². The van der Waals surface area contributed by atoms with Crippen LogP contribution >= 0.6 is 11.8 Å². The lowest BCUT2D eigenvalue weighted by molar-refractivity contribution is 0.322. The molecule has 0 fully saturated rings. The van der Waals surface area contributed by atoms with Gasteiger partial charge in [-0.25, -0.2) is 0 Å². The molecule has 0 spiro atoms. The summed E-state index contributed by atoms with van der Waals surface area (Å²) in [6.07, 6.45) is 1.86. The van der Waals surface area contributed by atoms with E-state index in [1.807, 2.05) is 13.2 Å². The summed E-state index contributed by atoms with van der Waals surface area (Å²) in [5, 5.41) is 7.99. The van der Waals surface area contributed by atoms with Gasteiger partial charge in [0.2, 0.25) is 11.0 Å². The predicted octanol–water partition coefficient (Wildman–Crippen LogP) is 0.574. The van der Waals surface area contributed by atoms with E-state index in [-0.39, 0.29) is 5.82 Å². The Kier molecular flexibility index (Phi) is 3.09. The fourth-order valence-electron chi connectivity index (χ4n) is 0.635. The Morgan fingerprint density at radius 1 is 1.50 bits per heavy atom. The van der Waals surface area contributed by atoms with Crippen LogP contribution in [0.15, 0.2) is 5.16 Å². The number of nitrogen functional groups attached to an aromatic ring is 1. The minimum absolute atomic E-state index is 0.231. The van der Waals surface area contributed by atoms with E-state index < -0.39 is 0 Å². The standard InChI is InChI=1S/C6H10N4OS/c1-3-11-5-4(7)9-10-6(8-5)12-2/h3H2,1-2H3,(H2,7,9). The summed E-state index contributed by atoms with van der Waals surface area (Å²) in [5.74, 6) is 0.589. The first-order valence-electron chi connectivity index (χ1n) is 3.45. The molecule has 0 amide bonds. The molecule has 0 bridgehead atoms. The minimum Gasteiger partial charge on any atom is -0.475 e. The summed E-state index contributed by atoms with van der Waals surface area (Å²) in [4.78, 5) is 4.02. The van der Waals surface area contributed by atoms with Gasteiger partial charge in [0.15, 0.2) is 0 Å². The van der Waals surface area contributed by atoms with E-state index in [0.29, 0.717) is 17.6 Å². The highest BCUT2D eigenvalue weighted by molar-refractivity contribution is 7.98. The molecule has 0 aromatic carbocycles. The Labute approximate surface area is 74.7 Å². The molecule has 0 unspecified atom stereocenters. The summed E-state index contributed by atoms with van der Waals surface area (Å²) in [5.41, 5.74) is 5.46. The van der Waals surface area contributed by atoms with Gasteiger partial charge in [0.1, 0.15) is 0 Å². The Hall–Kier alpha value is -1.04. The van der Waals surface area contributed by atoms with Crippen molar-refractivity contribution in [2.75, 3.05) is 18.6 Å². The van der Waals surface area contributed by atoms with Gasteiger partial charge < -0.3 is 10.5 Å². The maximum absolute atomic E-state index is 5.46. The largest absolute Gasteiger partial charge is 0.475 e. The first kappa shape index (κ1) is 9.05. The van der Waals surface area contributed by atoms with Crippen molar-refractivity contribution >= 4 is 17.6 Å². The van der Waals surface area contributed by atoms with Crippen molar-refractivity contribution in [3.63, 3.8) is 0 Å². The van der Waals surface area contributed by atoms with Crippen LogP contribution < -0.4 is 10.5 Å². The molecule has 0 aliphatic heterocycles. The van der Waals surface area contributed by atoms with E-state index in [9.17, 15) is 0 Å². The fourth-order valence-corrected chi connectivity index (χ4v) is 0.932. The number of hydrogen-bond acceptors (Lipinski definition) is 6. The van der Waals surface area contributed by atoms with Gasteiger partial charge in [0.05, 0.1) is 6.61 Å². The quantitative estimate of drug-likeness (QED) is 0.696. The summed E-state index contributed by atoms with van der Waals surface area (Å²) in [6.45, 7) is 2.39. The molecule has 1 aromatic heterocycles. The first-order chi connectivity index (χ1) is 5.77. The molecule has 0 aliphatic rings. The molecule has 66 valence electrons. The molecule has 1 rings (SSSR count). The molecule has 12 heavy (non-hydrogen) atoms. The molecule has 0 aliphatic carbocycles. The van der Waals surface area contributed by atoms with Gasteiger partial charge in [-0.3, -0.25) is 0 Å². The third-order valence-corrected chi connectivity index (χ3v) is 1.66. The van der Waals surface area contributed by atoms with Crippen molar-refractivity contribution < 1.29 is 4.74 Å². The van der Waals surface area contributed by atoms with E-state index in [0.717, 1.165) is 0 Å². The molecular formula is C6H10N4OS. The number of nitrogens with two attached hydrogens (primary N) is 1. The molecule has 0 saturated heterocycles. The number of hydrogen-bond donors (Lipinski definition) is 1. The highest BCUT2D eigenvalue weighted by Gasteiger charge is 2.05. The van der Waals surface area contributed by atoms with Crippen LogP contribution in [0, 0.1) is 0 Å². The Morgan fingerprint density at radius 3 is 2.83 bits per heavy atom. The second kappa shape index (κ2) is 4.10. The van der Waals surface area contributed by atoms with Crippen LogP contribution in [0.5, 0.6) is 5.88 Å². The van der Waals surface area contributed by atoms with Crippen molar-refractivity contribution in [1.29, 1.82) is 0 Å². The predicted molar refractivity (Wildman–Crippen MR) is 47.2 cm³/mol. The first-order valence-corrected chi connectivity index (χ1v) is 4.67. The molecule has 0 radical (unpaired) electrons. The minimum atomic E-state index is 0.231. The number of rotatable bonds is 3. The zero-order valence-electron chi connectivity index (χ0n) is 6.94. The number of anilines is 1. The van der Waals surface area contributed by atoms with E-state index in [4.69, 9.17) is 10.5 Å². The van der Waals surface area contributed by atoms with E-state index in [2.05, 4.69) is 15.2 Å². The highest BCUT2D eigenvalue weighted by Crippen LogP contribution is 2.17. The van der Waals surface area contributed by atoms with Crippen molar-refractivity contribution in [2.24, 2.45) is 0 Å². The molecule has 1 aromatic rings. The van der Waals surface area contributed by atoms with Crippen LogP contribution in [-0.4, -0.2) is 28.0 Å².